The number of hydrogen-bond donors (Lipinski definition) is 2. The lowest BCUT2D eigenvalue weighted by Gasteiger charge is -2.04. The Morgan fingerprint density at radius 3 is 2.69 bits per heavy atom. The highest BCUT2D eigenvalue weighted by Crippen LogP contribution is 2.20. The summed E-state index contributed by atoms with van der Waals surface area (Å²) in [6.07, 6.45) is 0.999. The predicted octanol–water partition coefficient (Wildman–Crippen LogP) is 2.72. The Labute approximate surface area is 98.6 Å². The molecule has 1 heterocycles. The third kappa shape index (κ3) is 1.99. The largest absolute Gasteiger partial charge is 0.508 e. The van der Waals surface area contributed by atoms with Gasteiger partial charge in [0.15, 0.2) is 10.6 Å². The lowest BCUT2D eigenvalue weighted by molar-refractivity contribution is 0.475. The van der Waals surface area contributed by atoms with Gasteiger partial charge in [-0.1, -0.05) is 6.92 Å². The van der Waals surface area contributed by atoms with Gasteiger partial charge in [0, 0.05) is 12.1 Å². The third-order valence-corrected chi connectivity index (χ3v) is 2.64. The maximum Gasteiger partial charge on any atom is 0.195 e. The van der Waals surface area contributed by atoms with E-state index in [9.17, 15) is 5.11 Å². The normalized spacial score (nSPS) is 10.6. The zero-order valence-electron chi connectivity index (χ0n) is 8.97. The number of nitrogens with zero attached hydrogens (tertiary/aromatic N) is 2. The Morgan fingerprint density at radius 2 is 2.06 bits per heavy atom. The van der Waals surface area contributed by atoms with Crippen LogP contribution in [0.15, 0.2) is 24.3 Å². The predicted molar refractivity (Wildman–Crippen MR) is 64.8 cm³/mol. The highest BCUT2D eigenvalue weighted by molar-refractivity contribution is 7.71. The first kappa shape index (κ1) is 10.9. The van der Waals surface area contributed by atoms with Gasteiger partial charge in [-0.25, -0.2) is 0 Å². The van der Waals surface area contributed by atoms with Gasteiger partial charge in [-0.3, -0.25) is 5.10 Å². The second-order valence-corrected chi connectivity index (χ2v) is 3.94. The summed E-state index contributed by atoms with van der Waals surface area (Å²) in [5.74, 6) is 1.06. The Balaban J connectivity index is 2.47. The molecule has 0 bridgehead atoms. The summed E-state index contributed by atoms with van der Waals surface area (Å²) in [4.78, 5) is 0. The SMILES string of the molecule is CCCn1c(-c2ccc(O)cc2)n[nH]c1=S. The number of hydrogen-bond acceptors (Lipinski definition) is 3. The average Bonchev–Trinajstić information content (AvgIpc) is 2.63. The van der Waals surface area contributed by atoms with Crippen LogP contribution in [0.3, 0.4) is 0 Å². The number of benzene rings is 1. The fraction of sp³-hybridized carbons (Fsp3) is 0.273. The van der Waals surface area contributed by atoms with Gasteiger partial charge in [0.2, 0.25) is 0 Å². The summed E-state index contributed by atoms with van der Waals surface area (Å²) in [6, 6.07) is 6.94. The lowest BCUT2D eigenvalue weighted by Crippen LogP contribution is -1.99. The number of rotatable bonds is 3. The molecule has 1 aromatic carbocycles. The zero-order valence-corrected chi connectivity index (χ0v) is 9.79. The highest BCUT2D eigenvalue weighted by atomic mass is 32.1. The van der Waals surface area contributed by atoms with Crippen molar-refractivity contribution in [2.24, 2.45) is 0 Å². The van der Waals surface area contributed by atoms with Crippen molar-refractivity contribution in [2.75, 3.05) is 0 Å². The van der Waals surface area contributed by atoms with Crippen molar-refractivity contribution in [1.82, 2.24) is 14.8 Å². The van der Waals surface area contributed by atoms with Crippen molar-refractivity contribution in [3.63, 3.8) is 0 Å². The lowest BCUT2D eigenvalue weighted by atomic mass is 10.2. The molecule has 0 amide bonds. The molecule has 0 spiro atoms. The zero-order chi connectivity index (χ0) is 11.5. The molecule has 0 aliphatic rings. The van der Waals surface area contributed by atoms with Gasteiger partial charge in [-0.2, -0.15) is 5.10 Å². The molecule has 0 atom stereocenters. The van der Waals surface area contributed by atoms with E-state index in [-0.39, 0.29) is 5.75 Å². The Hall–Kier alpha value is -1.62. The summed E-state index contributed by atoms with van der Waals surface area (Å²) in [5, 5.41) is 16.2. The Bertz CT molecular complexity index is 527. The maximum atomic E-state index is 9.23. The summed E-state index contributed by atoms with van der Waals surface area (Å²) < 4.78 is 2.59. The molecule has 16 heavy (non-hydrogen) atoms. The molecule has 2 N–H and O–H groups in total. The quantitative estimate of drug-likeness (QED) is 0.804. The number of aromatic hydroxyl groups is 1. The smallest absolute Gasteiger partial charge is 0.195 e. The standard InChI is InChI=1S/C11H13N3OS/c1-2-7-14-10(12-13-11(14)16)8-3-5-9(15)6-4-8/h3-6,15H,2,7H2,1H3,(H,13,16). The van der Waals surface area contributed by atoms with Crippen LogP contribution in [0.5, 0.6) is 5.75 Å². The fourth-order valence-electron chi connectivity index (χ4n) is 1.58. The number of nitrogens with one attached hydrogen (secondary N) is 1. The van der Waals surface area contributed by atoms with Gasteiger partial charge >= 0.3 is 0 Å². The molecule has 0 saturated heterocycles. The van der Waals surface area contributed by atoms with Crippen LogP contribution in [0.2, 0.25) is 0 Å². The van der Waals surface area contributed by atoms with E-state index in [2.05, 4.69) is 17.1 Å². The molecule has 4 nitrogen and oxygen atoms in total. The van der Waals surface area contributed by atoms with Crippen molar-refractivity contribution in [3.8, 4) is 17.1 Å². The number of phenols is 1. The second kappa shape index (κ2) is 4.49. The van der Waals surface area contributed by atoms with Crippen LogP contribution in [-0.2, 0) is 6.54 Å². The van der Waals surface area contributed by atoms with Crippen molar-refractivity contribution >= 4 is 12.2 Å². The molecular weight excluding hydrogens is 222 g/mol. The van der Waals surface area contributed by atoms with Crippen LogP contribution in [0.1, 0.15) is 13.3 Å². The van der Waals surface area contributed by atoms with Gasteiger partial charge in [0.25, 0.3) is 0 Å². The fourth-order valence-corrected chi connectivity index (χ4v) is 1.80. The van der Waals surface area contributed by atoms with E-state index in [0.29, 0.717) is 4.77 Å². The van der Waals surface area contributed by atoms with Gasteiger partial charge in [0.05, 0.1) is 0 Å². The number of aromatic nitrogens is 3. The summed E-state index contributed by atoms with van der Waals surface area (Å²) in [5.41, 5.74) is 0.943. The highest BCUT2D eigenvalue weighted by Gasteiger charge is 2.07. The van der Waals surface area contributed by atoms with Crippen molar-refractivity contribution < 1.29 is 5.11 Å². The topological polar surface area (TPSA) is 53.8 Å². The van der Waals surface area contributed by atoms with Gasteiger partial charge in [0.1, 0.15) is 5.75 Å². The summed E-state index contributed by atoms with van der Waals surface area (Å²) in [6.45, 7) is 2.93. The van der Waals surface area contributed by atoms with Crippen LogP contribution in [-0.4, -0.2) is 19.9 Å². The van der Waals surface area contributed by atoms with Crippen LogP contribution in [0.25, 0.3) is 11.4 Å². The molecular formula is C11H13N3OS. The molecule has 0 fully saturated rings. The van der Waals surface area contributed by atoms with Crippen molar-refractivity contribution in [1.29, 1.82) is 0 Å². The van der Waals surface area contributed by atoms with Crippen LogP contribution < -0.4 is 0 Å². The first-order valence-electron chi connectivity index (χ1n) is 5.17. The van der Waals surface area contributed by atoms with Gasteiger partial charge in [-0.15, -0.1) is 0 Å². The molecule has 2 rings (SSSR count). The third-order valence-electron chi connectivity index (χ3n) is 2.33. The maximum absolute atomic E-state index is 9.23. The molecule has 84 valence electrons. The first-order valence-corrected chi connectivity index (χ1v) is 5.58. The molecule has 0 saturated carbocycles. The van der Waals surface area contributed by atoms with E-state index in [1.54, 1.807) is 12.1 Å². The Kier molecular flexibility index (Phi) is 3.05. The van der Waals surface area contributed by atoms with E-state index in [1.807, 2.05) is 16.7 Å². The van der Waals surface area contributed by atoms with Gasteiger partial charge < -0.3 is 9.67 Å². The van der Waals surface area contributed by atoms with Crippen LogP contribution >= 0.6 is 12.2 Å². The molecule has 2 aromatic rings. The van der Waals surface area contributed by atoms with E-state index in [1.165, 1.54) is 0 Å². The molecule has 5 heteroatoms. The minimum Gasteiger partial charge on any atom is -0.508 e. The number of H-pyrrole nitrogens is 1. The Morgan fingerprint density at radius 1 is 1.38 bits per heavy atom. The molecule has 0 aliphatic heterocycles. The van der Waals surface area contributed by atoms with E-state index in [4.69, 9.17) is 12.2 Å². The number of phenolic OH excluding ortho intramolecular Hbond substituents is 1. The van der Waals surface area contributed by atoms with Gasteiger partial charge in [-0.05, 0) is 42.9 Å². The molecule has 0 aliphatic carbocycles. The van der Waals surface area contributed by atoms with E-state index >= 15 is 0 Å². The second-order valence-electron chi connectivity index (χ2n) is 3.55. The van der Waals surface area contributed by atoms with E-state index in [0.717, 1.165) is 24.4 Å². The van der Waals surface area contributed by atoms with Crippen molar-refractivity contribution in [2.45, 2.75) is 19.9 Å². The molecule has 1 aromatic heterocycles. The number of aromatic amines is 1. The minimum absolute atomic E-state index is 0.250. The summed E-state index contributed by atoms with van der Waals surface area (Å²) >= 11 is 5.16. The molecule has 0 radical (unpaired) electrons. The minimum atomic E-state index is 0.250. The first-order chi connectivity index (χ1) is 7.72. The van der Waals surface area contributed by atoms with Crippen molar-refractivity contribution in [3.05, 3.63) is 29.0 Å². The van der Waals surface area contributed by atoms with E-state index < -0.39 is 0 Å². The summed E-state index contributed by atoms with van der Waals surface area (Å²) in [7, 11) is 0. The average molecular weight is 235 g/mol. The molecule has 0 unspecified atom stereocenters. The van der Waals surface area contributed by atoms with Crippen LogP contribution in [0, 0.1) is 4.77 Å². The van der Waals surface area contributed by atoms with Crippen LogP contribution in [0.4, 0.5) is 0 Å². The monoisotopic (exact) mass is 235 g/mol.